The van der Waals surface area contributed by atoms with Crippen molar-refractivity contribution < 1.29 is 0 Å². The molecule has 0 aromatic heterocycles. The molecule has 2 N–H and O–H groups in total. The Morgan fingerprint density at radius 1 is 1.46 bits per heavy atom. The van der Waals surface area contributed by atoms with Gasteiger partial charge in [0, 0.05) is 19.1 Å². The summed E-state index contributed by atoms with van der Waals surface area (Å²) in [6.45, 7) is 12.5. The molecule has 2 unspecified atom stereocenters. The molecule has 13 heavy (non-hydrogen) atoms. The van der Waals surface area contributed by atoms with Crippen LogP contribution in [0.3, 0.4) is 0 Å². The summed E-state index contributed by atoms with van der Waals surface area (Å²) < 4.78 is 0. The minimum absolute atomic E-state index is 0.242. The first kappa shape index (κ1) is 11.0. The second-order valence-electron chi connectivity index (χ2n) is 5.63. The molecule has 2 heteroatoms. The summed E-state index contributed by atoms with van der Waals surface area (Å²) in [4.78, 5) is 2.50. The molecule has 0 aromatic rings. The van der Waals surface area contributed by atoms with Crippen LogP contribution >= 0.6 is 0 Å². The molecule has 0 saturated carbocycles. The zero-order chi connectivity index (χ0) is 10.1. The summed E-state index contributed by atoms with van der Waals surface area (Å²) in [5.41, 5.74) is 6.38. The lowest BCUT2D eigenvalue weighted by Gasteiger charge is -2.30. The van der Waals surface area contributed by atoms with Gasteiger partial charge in [0.2, 0.25) is 0 Å². The molecule has 78 valence electrons. The minimum atomic E-state index is 0.242. The summed E-state index contributed by atoms with van der Waals surface area (Å²) in [7, 11) is 0. The van der Waals surface area contributed by atoms with Gasteiger partial charge in [-0.05, 0) is 24.3 Å². The molecule has 1 rings (SSSR count). The molecule has 2 nitrogen and oxygen atoms in total. The van der Waals surface area contributed by atoms with E-state index in [0.29, 0.717) is 6.04 Å². The van der Waals surface area contributed by atoms with Gasteiger partial charge in [0.15, 0.2) is 0 Å². The summed E-state index contributed by atoms with van der Waals surface area (Å²) >= 11 is 0. The maximum atomic E-state index is 6.13. The van der Waals surface area contributed by atoms with Crippen molar-refractivity contribution in [3.05, 3.63) is 0 Å². The maximum absolute atomic E-state index is 6.13. The number of nitrogens with two attached hydrogens (primary N) is 1. The van der Waals surface area contributed by atoms with Crippen LogP contribution in [0.4, 0.5) is 0 Å². The van der Waals surface area contributed by atoms with Crippen LogP contribution in [-0.4, -0.2) is 30.6 Å². The molecule has 1 heterocycles. The van der Waals surface area contributed by atoms with Crippen molar-refractivity contribution in [2.75, 3.05) is 19.6 Å². The van der Waals surface area contributed by atoms with Gasteiger partial charge in [-0.3, -0.25) is 0 Å². The van der Waals surface area contributed by atoms with Crippen LogP contribution in [0.5, 0.6) is 0 Å². The van der Waals surface area contributed by atoms with Crippen LogP contribution in [0.15, 0.2) is 0 Å². The summed E-state index contributed by atoms with van der Waals surface area (Å²) in [6, 6.07) is 0.304. The predicted molar refractivity (Wildman–Crippen MR) is 57.7 cm³/mol. The number of rotatable bonds is 2. The molecule has 0 spiro atoms. The molecular weight excluding hydrogens is 160 g/mol. The molecule has 0 amide bonds. The van der Waals surface area contributed by atoms with Gasteiger partial charge in [0.1, 0.15) is 0 Å². The summed E-state index contributed by atoms with van der Waals surface area (Å²) in [6.07, 6.45) is 1.34. The lowest BCUT2D eigenvalue weighted by molar-refractivity contribution is 0.223. The van der Waals surface area contributed by atoms with Gasteiger partial charge in [-0.1, -0.05) is 27.7 Å². The lowest BCUT2D eigenvalue weighted by Crippen LogP contribution is -2.44. The number of hydrogen-bond acceptors (Lipinski definition) is 2. The fourth-order valence-electron chi connectivity index (χ4n) is 1.74. The first-order valence-corrected chi connectivity index (χ1v) is 5.37. The van der Waals surface area contributed by atoms with Gasteiger partial charge < -0.3 is 10.6 Å². The largest absolute Gasteiger partial charge is 0.326 e. The van der Waals surface area contributed by atoms with E-state index in [1.807, 2.05) is 0 Å². The Balaban J connectivity index is 2.33. The van der Waals surface area contributed by atoms with Gasteiger partial charge in [0.05, 0.1) is 0 Å². The van der Waals surface area contributed by atoms with E-state index in [0.717, 1.165) is 12.5 Å². The topological polar surface area (TPSA) is 29.3 Å². The van der Waals surface area contributed by atoms with E-state index in [2.05, 4.69) is 32.6 Å². The SMILES string of the molecule is CC1CCN(CC(N)C(C)(C)C)C1. The molecule has 1 aliphatic rings. The Bertz CT molecular complexity index is 160. The van der Waals surface area contributed by atoms with E-state index in [9.17, 15) is 0 Å². The fourth-order valence-corrected chi connectivity index (χ4v) is 1.74. The van der Waals surface area contributed by atoms with Crippen LogP contribution in [0, 0.1) is 11.3 Å². The van der Waals surface area contributed by atoms with Crippen molar-refractivity contribution in [2.24, 2.45) is 17.1 Å². The molecule has 1 fully saturated rings. The monoisotopic (exact) mass is 184 g/mol. The van der Waals surface area contributed by atoms with Gasteiger partial charge in [-0.15, -0.1) is 0 Å². The normalized spacial score (nSPS) is 27.9. The molecule has 0 bridgehead atoms. The molecular formula is C11H24N2. The molecule has 1 saturated heterocycles. The Kier molecular flexibility index (Phi) is 3.36. The van der Waals surface area contributed by atoms with Gasteiger partial charge >= 0.3 is 0 Å². The number of likely N-dealkylation sites (tertiary alicyclic amines) is 1. The van der Waals surface area contributed by atoms with Gasteiger partial charge in [0.25, 0.3) is 0 Å². The maximum Gasteiger partial charge on any atom is 0.0217 e. The van der Waals surface area contributed by atoms with Crippen LogP contribution in [0.2, 0.25) is 0 Å². The van der Waals surface area contributed by atoms with E-state index in [-0.39, 0.29) is 5.41 Å². The minimum Gasteiger partial charge on any atom is -0.326 e. The Morgan fingerprint density at radius 2 is 2.08 bits per heavy atom. The molecule has 0 aliphatic carbocycles. The Morgan fingerprint density at radius 3 is 2.46 bits per heavy atom. The van der Waals surface area contributed by atoms with Crippen molar-refractivity contribution >= 4 is 0 Å². The van der Waals surface area contributed by atoms with Crippen LogP contribution in [-0.2, 0) is 0 Å². The van der Waals surface area contributed by atoms with Gasteiger partial charge in [-0.25, -0.2) is 0 Å². The third kappa shape index (κ3) is 3.28. The number of nitrogens with zero attached hydrogens (tertiary/aromatic N) is 1. The highest BCUT2D eigenvalue weighted by molar-refractivity contribution is 4.83. The van der Waals surface area contributed by atoms with E-state index >= 15 is 0 Å². The van der Waals surface area contributed by atoms with Crippen molar-refractivity contribution in [2.45, 2.75) is 40.2 Å². The molecule has 1 aliphatic heterocycles. The second-order valence-corrected chi connectivity index (χ2v) is 5.63. The highest BCUT2D eigenvalue weighted by Crippen LogP contribution is 2.21. The van der Waals surface area contributed by atoms with Crippen molar-refractivity contribution in [3.8, 4) is 0 Å². The standard InChI is InChI=1S/C11H24N2/c1-9-5-6-13(7-9)8-10(12)11(2,3)4/h9-10H,5-8,12H2,1-4H3. The van der Waals surface area contributed by atoms with E-state index in [4.69, 9.17) is 5.73 Å². The van der Waals surface area contributed by atoms with Crippen LogP contribution < -0.4 is 5.73 Å². The van der Waals surface area contributed by atoms with E-state index < -0.39 is 0 Å². The average molecular weight is 184 g/mol. The van der Waals surface area contributed by atoms with E-state index in [1.165, 1.54) is 19.5 Å². The first-order chi connectivity index (χ1) is 5.89. The molecule has 0 radical (unpaired) electrons. The highest BCUT2D eigenvalue weighted by atomic mass is 15.2. The first-order valence-electron chi connectivity index (χ1n) is 5.37. The average Bonchev–Trinajstić information content (AvgIpc) is 2.33. The predicted octanol–water partition coefficient (Wildman–Crippen LogP) is 1.70. The lowest BCUT2D eigenvalue weighted by atomic mass is 9.87. The third-order valence-corrected chi connectivity index (χ3v) is 3.08. The van der Waals surface area contributed by atoms with E-state index in [1.54, 1.807) is 0 Å². The zero-order valence-electron chi connectivity index (χ0n) is 9.51. The second kappa shape index (κ2) is 3.97. The van der Waals surface area contributed by atoms with Crippen molar-refractivity contribution in [3.63, 3.8) is 0 Å². The fraction of sp³-hybridized carbons (Fsp3) is 1.00. The molecule has 2 atom stereocenters. The highest BCUT2D eigenvalue weighted by Gasteiger charge is 2.26. The quantitative estimate of drug-likeness (QED) is 0.708. The molecule has 0 aromatic carbocycles. The summed E-state index contributed by atoms with van der Waals surface area (Å²) in [5, 5.41) is 0. The van der Waals surface area contributed by atoms with Crippen molar-refractivity contribution in [1.82, 2.24) is 4.90 Å². The Hall–Kier alpha value is -0.0800. The van der Waals surface area contributed by atoms with Crippen LogP contribution in [0.1, 0.15) is 34.1 Å². The van der Waals surface area contributed by atoms with Crippen LogP contribution in [0.25, 0.3) is 0 Å². The van der Waals surface area contributed by atoms with Gasteiger partial charge in [-0.2, -0.15) is 0 Å². The number of hydrogen-bond donors (Lipinski definition) is 1. The van der Waals surface area contributed by atoms with Crippen molar-refractivity contribution in [1.29, 1.82) is 0 Å². The Labute approximate surface area is 82.5 Å². The third-order valence-electron chi connectivity index (χ3n) is 3.08. The zero-order valence-corrected chi connectivity index (χ0v) is 9.51. The smallest absolute Gasteiger partial charge is 0.0217 e. The summed E-state index contributed by atoms with van der Waals surface area (Å²) in [5.74, 6) is 0.868.